The molecule has 3 aromatic rings. The summed E-state index contributed by atoms with van der Waals surface area (Å²) in [7, 11) is 0. The summed E-state index contributed by atoms with van der Waals surface area (Å²) in [5.74, 6) is 1.12. The van der Waals surface area contributed by atoms with Gasteiger partial charge >= 0.3 is 0 Å². The molecule has 0 saturated heterocycles. The summed E-state index contributed by atoms with van der Waals surface area (Å²) in [5.41, 5.74) is 0.971. The number of rotatable bonds is 4. The second-order valence-electron chi connectivity index (χ2n) is 4.49. The monoisotopic (exact) mass is 282 g/mol. The zero-order valence-electron chi connectivity index (χ0n) is 11.5. The summed E-state index contributed by atoms with van der Waals surface area (Å²) >= 11 is 0. The van der Waals surface area contributed by atoms with Crippen LogP contribution < -0.4 is 10.3 Å². The Morgan fingerprint density at radius 3 is 2.86 bits per heavy atom. The lowest BCUT2D eigenvalue weighted by atomic mass is 10.2. The third-order valence-corrected chi connectivity index (χ3v) is 2.95. The largest absolute Gasteiger partial charge is 0.493 e. The molecule has 0 radical (unpaired) electrons. The number of benzene rings is 1. The van der Waals surface area contributed by atoms with Crippen molar-refractivity contribution in [1.29, 1.82) is 0 Å². The van der Waals surface area contributed by atoms with E-state index in [4.69, 9.17) is 4.74 Å². The molecule has 0 spiro atoms. The fourth-order valence-electron chi connectivity index (χ4n) is 2.00. The summed E-state index contributed by atoms with van der Waals surface area (Å²) in [5, 5.41) is 0. The zero-order valence-corrected chi connectivity index (χ0v) is 11.5. The van der Waals surface area contributed by atoms with Gasteiger partial charge in [0.1, 0.15) is 11.6 Å². The molecule has 2 aromatic heterocycles. The van der Waals surface area contributed by atoms with E-state index in [1.807, 2.05) is 31.2 Å². The van der Waals surface area contributed by atoms with Crippen molar-refractivity contribution in [3.63, 3.8) is 0 Å². The number of aromatic amines is 1. The molecule has 0 atom stereocenters. The molecule has 0 bridgehead atoms. The van der Waals surface area contributed by atoms with Gasteiger partial charge in [-0.3, -0.25) is 4.79 Å². The molecular weight excluding hydrogens is 268 g/mol. The van der Waals surface area contributed by atoms with Gasteiger partial charge in [-0.1, -0.05) is 19.1 Å². The van der Waals surface area contributed by atoms with E-state index < -0.39 is 0 Å². The normalized spacial score (nSPS) is 10.7. The smallest absolute Gasteiger partial charge is 0.279 e. The van der Waals surface area contributed by atoms with Gasteiger partial charge < -0.3 is 9.72 Å². The van der Waals surface area contributed by atoms with E-state index in [-0.39, 0.29) is 11.1 Å². The van der Waals surface area contributed by atoms with Crippen LogP contribution in [0.25, 0.3) is 22.6 Å². The predicted octanol–water partition coefficient (Wildman–Crippen LogP) is 2.17. The lowest BCUT2D eigenvalue weighted by molar-refractivity contribution is 0.318. The van der Waals surface area contributed by atoms with E-state index in [1.165, 1.54) is 12.4 Å². The third kappa shape index (κ3) is 2.60. The van der Waals surface area contributed by atoms with Crippen LogP contribution in [0.1, 0.15) is 13.3 Å². The van der Waals surface area contributed by atoms with Crippen molar-refractivity contribution >= 4 is 11.2 Å². The molecule has 0 unspecified atom stereocenters. The predicted molar refractivity (Wildman–Crippen MR) is 79.2 cm³/mol. The molecule has 1 N–H and O–H groups in total. The lowest BCUT2D eigenvalue weighted by Gasteiger charge is -2.10. The highest BCUT2D eigenvalue weighted by atomic mass is 16.5. The highest BCUT2D eigenvalue weighted by Crippen LogP contribution is 2.27. The first-order chi connectivity index (χ1) is 10.3. The number of aromatic nitrogens is 4. The van der Waals surface area contributed by atoms with E-state index in [2.05, 4.69) is 19.9 Å². The number of H-pyrrole nitrogens is 1. The molecule has 0 aliphatic carbocycles. The summed E-state index contributed by atoms with van der Waals surface area (Å²) in [4.78, 5) is 27.2. The Balaban J connectivity index is 2.14. The first-order valence-corrected chi connectivity index (χ1v) is 6.73. The van der Waals surface area contributed by atoms with Gasteiger partial charge in [0.25, 0.3) is 5.56 Å². The number of hydrogen-bond acceptors (Lipinski definition) is 5. The van der Waals surface area contributed by atoms with Gasteiger partial charge in [-0.25, -0.2) is 15.0 Å². The molecule has 106 valence electrons. The van der Waals surface area contributed by atoms with Gasteiger partial charge in [0.05, 0.1) is 12.2 Å². The highest BCUT2D eigenvalue weighted by Gasteiger charge is 2.11. The number of ether oxygens (including phenoxy) is 1. The molecule has 0 amide bonds. The van der Waals surface area contributed by atoms with E-state index in [1.54, 1.807) is 0 Å². The van der Waals surface area contributed by atoms with Crippen LogP contribution in [0.2, 0.25) is 0 Å². The number of para-hydroxylation sites is 1. The Morgan fingerprint density at radius 2 is 2.00 bits per heavy atom. The van der Waals surface area contributed by atoms with Crippen LogP contribution in [0.4, 0.5) is 0 Å². The van der Waals surface area contributed by atoms with E-state index >= 15 is 0 Å². The molecule has 3 rings (SSSR count). The SMILES string of the molecule is CCCOc1ccccc1-c1nc2nccnc2c(=O)[nH]1. The molecular formula is C15H14N4O2. The number of nitrogens with zero attached hydrogens (tertiary/aromatic N) is 3. The molecule has 1 aromatic carbocycles. The second-order valence-corrected chi connectivity index (χ2v) is 4.49. The maximum absolute atomic E-state index is 12.1. The molecule has 0 aliphatic heterocycles. The Labute approximate surface area is 120 Å². The summed E-state index contributed by atoms with van der Waals surface area (Å²) in [6.45, 7) is 2.64. The van der Waals surface area contributed by atoms with Crippen molar-refractivity contribution in [2.24, 2.45) is 0 Å². The van der Waals surface area contributed by atoms with Gasteiger partial charge in [0, 0.05) is 12.4 Å². The van der Waals surface area contributed by atoms with Gasteiger partial charge in [-0.2, -0.15) is 0 Å². The van der Waals surface area contributed by atoms with E-state index in [0.29, 0.717) is 23.8 Å². The van der Waals surface area contributed by atoms with Crippen LogP contribution in [0.3, 0.4) is 0 Å². The molecule has 21 heavy (non-hydrogen) atoms. The van der Waals surface area contributed by atoms with Gasteiger partial charge in [-0.15, -0.1) is 0 Å². The maximum Gasteiger partial charge on any atom is 0.279 e. The standard InChI is InChI=1S/C15H14N4O2/c1-2-9-21-11-6-4-3-5-10(11)13-18-14-12(15(20)19-13)16-7-8-17-14/h3-8H,2,9H2,1H3,(H,17,18,19,20). The average Bonchev–Trinajstić information content (AvgIpc) is 2.53. The Hall–Kier alpha value is -2.76. The second kappa shape index (κ2) is 5.70. The Kier molecular flexibility index (Phi) is 3.59. The van der Waals surface area contributed by atoms with Crippen LogP contribution in [-0.2, 0) is 0 Å². The Bertz CT molecular complexity index is 829. The molecule has 0 aliphatic rings. The molecule has 2 heterocycles. The average molecular weight is 282 g/mol. The molecule has 0 saturated carbocycles. The summed E-state index contributed by atoms with van der Waals surface area (Å²) in [6, 6.07) is 7.46. The third-order valence-electron chi connectivity index (χ3n) is 2.95. The van der Waals surface area contributed by atoms with Crippen molar-refractivity contribution in [3.8, 4) is 17.1 Å². The summed E-state index contributed by atoms with van der Waals surface area (Å²) in [6.07, 6.45) is 3.89. The van der Waals surface area contributed by atoms with Crippen molar-refractivity contribution < 1.29 is 4.74 Å². The molecule has 6 heteroatoms. The van der Waals surface area contributed by atoms with Crippen LogP contribution in [0.15, 0.2) is 41.5 Å². The van der Waals surface area contributed by atoms with Crippen LogP contribution >= 0.6 is 0 Å². The van der Waals surface area contributed by atoms with Crippen LogP contribution in [0.5, 0.6) is 5.75 Å². The van der Waals surface area contributed by atoms with Gasteiger partial charge in [0.2, 0.25) is 0 Å². The van der Waals surface area contributed by atoms with E-state index in [9.17, 15) is 4.79 Å². The summed E-state index contributed by atoms with van der Waals surface area (Å²) < 4.78 is 5.69. The zero-order chi connectivity index (χ0) is 14.7. The first-order valence-electron chi connectivity index (χ1n) is 6.73. The van der Waals surface area contributed by atoms with Crippen LogP contribution in [-0.4, -0.2) is 26.5 Å². The highest BCUT2D eigenvalue weighted by molar-refractivity contribution is 5.73. The quantitative estimate of drug-likeness (QED) is 0.793. The van der Waals surface area contributed by atoms with Crippen molar-refractivity contribution in [2.75, 3.05) is 6.61 Å². The number of fused-ring (bicyclic) bond motifs is 1. The van der Waals surface area contributed by atoms with Gasteiger partial charge in [0.15, 0.2) is 11.2 Å². The number of nitrogens with one attached hydrogen (secondary N) is 1. The van der Waals surface area contributed by atoms with Gasteiger partial charge in [-0.05, 0) is 18.6 Å². The minimum absolute atomic E-state index is 0.230. The topological polar surface area (TPSA) is 80.8 Å². The fraction of sp³-hybridized carbons (Fsp3) is 0.200. The minimum Gasteiger partial charge on any atom is -0.493 e. The Morgan fingerprint density at radius 1 is 1.19 bits per heavy atom. The first kappa shape index (κ1) is 13.2. The van der Waals surface area contributed by atoms with Crippen LogP contribution in [0, 0.1) is 0 Å². The van der Waals surface area contributed by atoms with Crippen molar-refractivity contribution in [2.45, 2.75) is 13.3 Å². The molecule has 6 nitrogen and oxygen atoms in total. The molecule has 0 fully saturated rings. The maximum atomic E-state index is 12.1. The number of hydrogen-bond donors (Lipinski definition) is 1. The fourth-order valence-corrected chi connectivity index (χ4v) is 2.00. The van der Waals surface area contributed by atoms with Crippen molar-refractivity contribution in [3.05, 3.63) is 47.0 Å². The van der Waals surface area contributed by atoms with Crippen molar-refractivity contribution in [1.82, 2.24) is 19.9 Å². The lowest BCUT2D eigenvalue weighted by Crippen LogP contribution is -2.12. The van der Waals surface area contributed by atoms with E-state index in [0.717, 1.165) is 12.0 Å². The minimum atomic E-state index is -0.312.